The van der Waals surface area contributed by atoms with Gasteiger partial charge in [-0.2, -0.15) is 0 Å². The number of para-hydroxylation sites is 1. The average Bonchev–Trinajstić information content (AvgIpc) is 2.35. The van der Waals surface area contributed by atoms with Crippen molar-refractivity contribution in [2.45, 2.75) is 6.10 Å². The van der Waals surface area contributed by atoms with Crippen molar-refractivity contribution >= 4 is 21.8 Å². The molecule has 3 heteroatoms. The van der Waals surface area contributed by atoms with Gasteiger partial charge in [0.2, 0.25) is 0 Å². The molecule has 3 nitrogen and oxygen atoms in total. The maximum absolute atomic E-state index is 5.11. The molecule has 1 aliphatic heterocycles. The molecule has 0 radical (unpaired) electrons. The quantitative estimate of drug-likeness (QED) is 0.480. The summed E-state index contributed by atoms with van der Waals surface area (Å²) in [6, 6.07) is 16.4. The summed E-state index contributed by atoms with van der Waals surface area (Å²) >= 11 is 0. The zero-order chi connectivity index (χ0) is 11.9. The molecule has 0 N–H and O–H groups in total. The molecule has 1 atom stereocenters. The molecule has 1 unspecified atom stereocenters. The van der Waals surface area contributed by atoms with Crippen molar-refractivity contribution in [3.63, 3.8) is 0 Å². The summed E-state index contributed by atoms with van der Waals surface area (Å²) in [6.45, 7) is 0.617. The van der Waals surface area contributed by atoms with Crippen LogP contribution in [-0.2, 0) is 9.78 Å². The van der Waals surface area contributed by atoms with Crippen molar-refractivity contribution in [2.24, 2.45) is 0 Å². The van der Waals surface area contributed by atoms with Crippen molar-refractivity contribution in [2.75, 3.05) is 6.61 Å². The van der Waals surface area contributed by atoms with Crippen molar-refractivity contribution in [1.82, 2.24) is 4.98 Å². The summed E-state index contributed by atoms with van der Waals surface area (Å²) in [4.78, 5) is 14.6. The van der Waals surface area contributed by atoms with Crippen LogP contribution in [0.1, 0.15) is 11.7 Å². The Morgan fingerprint density at radius 1 is 1.00 bits per heavy atom. The van der Waals surface area contributed by atoms with E-state index in [1.54, 1.807) is 0 Å². The lowest BCUT2D eigenvalue weighted by Crippen LogP contribution is -2.22. The Kier molecular flexibility index (Phi) is 2.09. The number of hydrogen-bond acceptors (Lipinski definition) is 3. The maximum Gasteiger partial charge on any atom is 0.145 e. The van der Waals surface area contributed by atoms with E-state index in [2.05, 4.69) is 23.2 Å². The second-order valence-corrected chi connectivity index (χ2v) is 4.46. The summed E-state index contributed by atoms with van der Waals surface area (Å²) in [5, 5.41) is 2.29. The van der Waals surface area contributed by atoms with E-state index < -0.39 is 0 Å². The van der Waals surface area contributed by atoms with Gasteiger partial charge in [0.15, 0.2) is 0 Å². The van der Waals surface area contributed by atoms with Crippen LogP contribution >= 0.6 is 0 Å². The lowest BCUT2D eigenvalue weighted by atomic mass is 10.0. The van der Waals surface area contributed by atoms with Crippen LogP contribution in [0.2, 0.25) is 0 Å². The first-order chi connectivity index (χ1) is 8.92. The largest absolute Gasteiger partial charge is 0.248 e. The second kappa shape index (κ2) is 3.77. The third-order valence-electron chi connectivity index (χ3n) is 3.34. The molecule has 2 heterocycles. The normalized spacial score (nSPS) is 19.0. The van der Waals surface area contributed by atoms with Crippen LogP contribution in [0.5, 0.6) is 0 Å². The molecule has 1 fully saturated rings. The fourth-order valence-electron chi connectivity index (χ4n) is 2.38. The van der Waals surface area contributed by atoms with Crippen LogP contribution < -0.4 is 0 Å². The summed E-state index contributed by atoms with van der Waals surface area (Å²) in [6.07, 6.45) is 0.0386. The summed E-state index contributed by atoms with van der Waals surface area (Å²) in [7, 11) is 0. The molecule has 1 saturated heterocycles. The van der Waals surface area contributed by atoms with Crippen LogP contribution in [0.4, 0.5) is 0 Å². The van der Waals surface area contributed by atoms with E-state index in [0.717, 1.165) is 27.4 Å². The van der Waals surface area contributed by atoms with Gasteiger partial charge in [-0.25, -0.2) is 14.8 Å². The van der Waals surface area contributed by atoms with Crippen LogP contribution in [0.3, 0.4) is 0 Å². The van der Waals surface area contributed by atoms with Crippen LogP contribution in [-0.4, -0.2) is 11.6 Å². The molecule has 2 aromatic carbocycles. The predicted octanol–water partition coefficient (Wildman–Crippen LogP) is 3.39. The smallest absolute Gasteiger partial charge is 0.145 e. The van der Waals surface area contributed by atoms with Gasteiger partial charge in [0.05, 0.1) is 11.0 Å². The standard InChI is InChI=1S/C15H11NO2/c1-2-6-13-10(4-1)8-12-11(15-9-17-18-15)5-3-7-14(12)16-13/h1-8,15H,9H2. The molecule has 0 spiro atoms. The molecule has 18 heavy (non-hydrogen) atoms. The van der Waals surface area contributed by atoms with Crippen molar-refractivity contribution < 1.29 is 9.78 Å². The first-order valence-corrected chi connectivity index (χ1v) is 5.98. The van der Waals surface area contributed by atoms with Gasteiger partial charge < -0.3 is 0 Å². The van der Waals surface area contributed by atoms with E-state index in [1.165, 1.54) is 0 Å². The molecule has 0 amide bonds. The van der Waals surface area contributed by atoms with E-state index in [9.17, 15) is 0 Å². The first kappa shape index (κ1) is 10.00. The maximum atomic E-state index is 5.11. The Hall–Kier alpha value is -1.97. The van der Waals surface area contributed by atoms with E-state index in [1.807, 2.05) is 30.3 Å². The number of aromatic nitrogens is 1. The van der Waals surface area contributed by atoms with Gasteiger partial charge in [0, 0.05) is 10.8 Å². The number of rotatable bonds is 1. The molecule has 0 aliphatic carbocycles. The minimum absolute atomic E-state index is 0.0386. The topological polar surface area (TPSA) is 31.4 Å². The van der Waals surface area contributed by atoms with Crippen LogP contribution in [0, 0.1) is 0 Å². The molecule has 4 rings (SSSR count). The molecule has 3 aromatic rings. The van der Waals surface area contributed by atoms with E-state index in [0.29, 0.717) is 6.61 Å². The fourth-order valence-corrected chi connectivity index (χ4v) is 2.38. The lowest BCUT2D eigenvalue weighted by Gasteiger charge is -2.25. The third kappa shape index (κ3) is 1.41. The van der Waals surface area contributed by atoms with Crippen LogP contribution in [0.15, 0.2) is 48.5 Å². The monoisotopic (exact) mass is 237 g/mol. The molecule has 88 valence electrons. The summed E-state index contributed by atoms with van der Waals surface area (Å²) in [5.74, 6) is 0. The van der Waals surface area contributed by atoms with Gasteiger partial charge in [-0.1, -0.05) is 30.3 Å². The highest BCUT2D eigenvalue weighted by Gasteiger charge is 2.24. The zero-order valence-electron chi connectivity index (χ0n) is 9.67. The van der Waals surface area contributed by atoms with E-state index in [4.69, 9.17) is 9.78 Å². The highest BCUT2D eigenvalue weighted by molar-refractivity contribution is 5.94. The Balaban J connectivity index is 2.05. The fraction of sp³-hybridized carbons (Fsp3) is 0.133. The van der Waals surface area contributed by atoms with Crippen molar-refractivity contribution in [3.05, 3.63) is 54.1 Å². The van der Waals surface area contributed by atoms with Gasteiger partial charge in [0.1, 0.15) is 12.7 Å². The Morgan fingerprint density at radius 3 is 2.67 bits per heavy atom. The van der Waals surface area contributed by atoms with E-state index >= 15 is 0 Å². The number of nitrogens with zero attached hydrogens (tertiary/aromatic N) is 1. The SMILES string of the molecule is c1ccc2nc3cccc(C4COO4)c3cc2c1. The molecular weight excluding hydrogens is 226 g/mol. The number of hydrogen-bond donors (Lipinski definition) is 0. The lowest BCUT2D eigenvalue weighted by molar-refractivity contribution is -0.429. The molecular formula is C15H11NO2. The number of fused-ring (bicyclic) bond motifs is 2. The zero-order valence-corrected chi connectivity index (χ0v) is 9.67. The average molecular weight is 237 g/mol. The van der Waals surface area contributed by atoms with Crippen molar-refractivity contribution in [1.29, 1.82) is 0 Å². The minimum Gasteiger partial charge on any atom is -0.248 e. The van der Waals surface area contributed by atoms with Crippen LogP contribution in [0.25, 0.3) is 21.8 Å². The Morgan fingerprint density at radius 2 is 1.83 bits per heavy atom. The highest BCUT2D eigenvalue weighted by Crippen LogP contribution is 2.32. The molecule has 1 aromatic heterocycles. The first-order valence-electron chi connectivity index (χ1n) is 5.98. The van der Waals surface area contributed by atoms with E-state index in [-0.39, 0.29) is 6.10 Å². The summed E-state index contributed by atoms with van der Waals surface area (Å²) < 4.78 is 0. The van der Waals surface area contributed by atoms with Gasteiger partial charge in [-0.15, -0.1) is 0 Å². The van der Waals surface area contributed by atoms with Gasteiger partial charge in [-0.05, 0) is 23.8 Å². The minimum atomic E-state index is 0.0386. The van der Waals surface area contributed by atoms with Gasteiger partial charge in [-0.3, -0.25) is 0 Å². The van der Waals surface area contributed by atoms with Gasteiger partial charge in [0.25, 0.3) is 0 Å². The van der Waals surface area contributed by atoms with Gasteiger partial charge >= 0.3 is 0 Å². The molecule has 0 bridgehead atoms. The van der Waals surface area contributed by atoms with Crippen molar-refractivity contribution in [3.8, 4) is 0 Å². The Bertz CT molecular complexity index is 735. The molecule has 0 saturated carbocycles. The summed E-state index contributed by atoms with van der Waals surface area (Å²) in [5.41, 5.74) is 3.17. The second-order valence-electron chi connectivity index (χ2n) is 4.46. The number of pyridine rings is 1. The Labute approximate surface area is 104 Å². The number of benzene rings is 2. The third-order valence-corrected chi connectivity index (χ3v) is 3.34. The highest BCUT2D eigenvalue weighted by atomic mass is 17.2. The predicted molar refractivity (Wildman–Crippen MR) is 69.0 cm³/mol. The molecule has 1 aliphatic rings.